The molecule has 3 N–H and O–H groups in total. The van der Waals surface area contributed by atoms with Crippen LogP contribution in [0.15, 0.2) is 18.3 Å². The van der Waals surface area contributed by atoms with Gasteiger partial charge >= 0.3 is 0 Å². The van der Waals surface area contributed by atoms with Gasteiger partial charge in [0.2, 0.25) is 5.91 Å². The number of piperidine rings is 1. The zero-order valence-electron chi connectivity index (χ0n) is 13.1. The van der Waals surface area contributed by atoms with Crippen molar-refractivity contribution >= 4 is 42.2 Å². The Bertz CT molecular complexity index is 447. The highest BCUT2D eigenvalue weighted by atomic mass is 35.5. The Morgan fingerprint density at radius 3 is 2.36 bits per heavy atom. The van der Waals surface area contributed by atoms with Gasteiger partial charge in [0.05, 0.1) is 17.9 Å². The fraction of sp³-hybridized carbons (Fsp3) is 0.600. The number of anilines is 2. The molecule has 0 saturated carbocycles. The van der Waals surface area contributed by atoms with E-state index < -0.39 is 6.04 Å². The zero-order valence-corrected chi connectivity index (χ0v) is 14.8. The van der Waals surface area contributed by atoms with Crippen molar-refractivity contribution in [3.8, 4) is 0 Å². The number of amides is 1. The summed E-state index contributed by atoms with van der Waals surface area (Å²) in [6.45, 7) is 6.00. The molecule has 1 aliphatic rings. The second-order valence-corrected chi connectivity index (χ2v) is 5.71. The minimum absolute atomic E-state index is 0. The summed E-state index contributed by atoms with van der Waals surface area (Å²) >= 11 is 0. The Morgan fingerprint density at radius 2 is 1.86 bits per heavy atom. The highest BCUT2D eigenvalue weighted by Gasteiger charge is 2.17. The monoisotopic (exact) mass is 348 g/mol. The van der Waals surface area contributed by atoms with Crippen molar-refractivity contribution in [2.24, 2.45) is 11.7 Å². The number of nitrogens with zero attached hydrogens (tertiary/aromatic N) is 2. The van der Waals surface area contributed by atoms with E-state index in [9.17, 15) is 4.79 Å². The van der Waals surface area contributed by atoms with Crippen LogP contribution in [0.25, 0.3) is 0 Å². The lowest BCUT2D eigenvalue weighted by Gasteiger charge is -2.27. The van der Waals surface area contributed by atoms with E-state index >= 15 is 0 Å². The number of pyridine rings is 1. The van der Waals surface area contributed by atoms with E-state index in [2.05, 4.69) is 15.2 Å². The molecular formula is C15H26Cl2N4O. The molecule has 126 valence electrons. The number of halogens is 2. The highest BCUT2D eigenvalue weighted by Crippen LogP contribution is 2.19. The summed E-state index contributed by atoms with van der Waals surface area (Å²) in [6, 6.07) is 3.36. The SMILES string of the molecule is CC(C)C(N)C(=O)Nc1ccc(N2CCCCC2)nc1.Cl.Cl. The topological polar surface area (TPSA) is 71.2 Å². The van der Waals surface area contributed by atoms with E-state index in [1.54, 1.807) is 6.20 Å². The second-order valence-electron chi connectivity index (χ2n) is 5.71. The fourth-order valence-corrected chi connectivity index (χ4v) is 2.30. The van der Waals surface area contributed by atoms with Gasteiger partial charge in [0.1, 0.15) is 5.82 Å². The van der Waals surface area contributed by atoms with Crippen LogP contribution in [0, 0.1) is 5.92 Å². The van der Waals surface area contributed by atoms with Gasteiger partial charge in [0, 0.05) is 13.1 Å². The number of aromatic nitrogens is 1. The molecule has 1 aliphatic heterocycles. The van der Waals surface area contributed by atoms with Crippen LogP contribution in [0.3, 0.4) is 0 Å². The third-order valence-electron chi connectivity index (χ3n) is 3.72. The Balaban J connectivity index is 0.00000220. The Hall–Kier alpha value is -1.04. The van der Waals surface area contributed by atoms with E-state index in [0.717, 1.165) is 18.9 Å². The van der Waals surface area contributed by atoms with E-state index in [-0.39, 0.29) is 36.6 Å². The van der Waals surface area contributed by atoms with Crippen LogP contribution < -0.4 is 16.0 Å². The molecule has 0 spiro atoms. The van der Waals surface area contributed by atoms with E-state index in [0.29, 0.717) is 5.69 Å². The van der Waals surface area contributed by atoms with Gasteiger partial charge in [0.15, 0.2) is 0 Å². The minimum Gasteiger partial charge on any atom is -0.357 e. The number of carbonyl (C=O) groups is 1. The zero-order chi connectivity index (χ0) is 14.5. The third-order valence-corrected chi connectivity index (χ3v) is 3.72. The van der Waals surface area contributed by atoms with Gasteiger partial charge in [-0.3, -0.25) is 4.79 Å². The summed E-state index contributed by atoms with van der Waals surface area (Å²) < 4.78 is 0. The van der Waals surface area contributed by atoms with Crippen molar-refractivity contribution in [3.05, 3.63) is 18.3 Å². The number of carbonyl (C=O) groups excluding carboxylic acids is 1. The molecular weight excluding hydrogens is 323 g/mol. The molecule has 22 heavy (non-hydrogen) atoms. The normalized spacial score (nSPS) is 15.5. The third kappa shape index (κ3) is 5.63. The summed E-state index contributed by atoms with van der Waals surface area (Å²) in [5.41, 5.74) is 6.51. The first-order chi connectivity index (χ1) is 9.58. The predicted molar refractivity (Wildman–Crippen MR) is 96.2 cm³/mol. The van der Waals surface area contributed by atoms with Crippen molar-refractivity contribution in [2.45, 2.75) is 39.2 Å². The molecule has 0 radical (unpaired) electrons. The van der Waals surface area contributed by atoms with Crippen LogP contribution in [-0.2, 0) is 4.79 Å². The first-order valence-electron chi connectivity index (χ1n) is 7.35. The van der Waals surface area contributed by atoms with Crippen LogP contribution >= 0.6 is 24.8 Å². The first kappa shape index (κ1) is 21.0. The molecule has 5 nitrogen and oxygen atoms in total. The molecule has 2 rings (SSSR count). The van der Waals surface area contributed by atoms with Crippen molar-refractivity contribution in [3.63, 3.8) is 0 Å². The average Bonchev–Trinajstić information content (AvgIpc) is 2.48. The van der Waals surface area contributed by atoms with Crippen molar-refractivity contribution in [1.82, 2.24) is 4.98 Å². The van der Waals surface area contributed by atoms with Gasteiger partial charge in [-0.15, -0.1) is 24.8 Å². The predicted octanol–water partition coefficient (Wildman–Crippen LogP) is 2.84. The molecule has 0 bridgehead atoms. The molecule has 1 atom stereocenters. The van der Waals surface area contributed by atoms with Crippen molar-refractivity contribution in [2.75, 3.05) is 23.3 Å². The van der Waals surface area contributed by atoms with Gasteiger partial charge in [-0.05, 0) is 37.3 Å². The van der Waals surface area contributed by atoms with Gasteiger partial charge in [0.25, 0.3) is 0 Å². The summed E-state index contributed by atoms with van der Waals surface area (Å²) in [5.74, 6) is 0.943. The standard InChI is InChI=1S/C15H24N4O.2ClH/c1-11(2)14(16)15(20)18-12-6-7-13(17-10-12)19-8-4-3-5-9-19;;/h6-7,10-11,14H,3-5,8-9,16H2,1-2H3,(H,18,20);2*1H. The van der Waals surface area contributed by atoms with Gasteiger partial charge < -0.3 is 16.0 Å². The van der Waals surface area contributed by atoms with E-state index in [4.69, 9.17) is 5.73 Å². The van der Waals surface area contributed by atoms with Crippen LogP contribution in [0.5, 0.6) is 0 Å². The molecule has 0 aliphatic carbocycles. The molecule has 1 unspecified atom stereocenters. The van der Waals surface area contributed by atoms with Crippen LogP contribution in [-0.4, -0.2) is 30.0 Å². The first-order valence-corrected chi connectivity index (χ1v) is 7.35. The molecule has 1 aromatic rings. The molecule has 2 heterocycles. The fourth-order valence-electron chi connectivity index (χ4n) is 2.30. The number of rotatable bonds is 4. The highest BCUT2D eigenvalue weighted by molar-refractivity contribution is 5.94. The second kappa shape index (κ2) is 9.87. The number of hydrogen-bond donors (Lipinski definition) is 2. The average molecular weight is 349 g/mol. The quantitative estimate of drug-likeness (QED) is 0.877. The van der Waals surface area contributed by atoms with Crippen LogP contribution in [0.4, 0.5) is 11.5 Å². The number of nitrogens with one attached hydrogen (secondary N) is 1. The number of hydrogen-bond acceptors (Lipinski definition) is 4. The lowest BCUT2D eigenvalue weighted by Crippen LogP contribution is -2.39. The van der Waals surface area contributed by atoms with Crippen LogP contribution in [0.1, 0.15) is 33.1 Å². The lowest BCUT2D eigenvalue weighted by molar-refractivity contribution is -0.118. The van der Waals surface area contributed by atoms with E-state index in [1.165, 1.54) is 19.3 Å². The Morgan fingerprint density at radius 1 is 1.23 bits per heavy atom. The summed E-state index contributed by atoms with van der Waals surface area (Å²) in [5, 5.41) is 2.81. The lowest BCUT2D eigenvalue weighted by atomic mass is 10.1. The molecule has 0 aromatic carbocycles. The molecule has 1 saturated heterocycles. The Kier molecular flexibility index (Phi) is 9.41. The maximum absolute atomic E-state index is 11.9. The largest absolute Gasteiger partial charge is 0.357 e. The van der Waals surface area contributed by atoms with Crippen LogP contribution in [0.2, 0.25) is 0 Å². The van der Waals surface area contributed by atoms with E-state index in [1.807, 2.05) is 26.0 Å². The van der Waals surface area contributed by atoms with Gasteiger partial charge in [-0.25, -0.2) is 4.98 Å². The summed E-state index contributed by atoms with van der Waals surface area (Å²) in [6.07, 6.45) is 5.46. The maximum Gasteiger partial charge on any atom is 0.241 e. The molecule has 1 aromatic heterocycles. The van der Waals surface area contributed by atoms with Gasteiger partial charge in [-0.2, -0.15) is 0 Å². The smallest absolute Gasteiger partial charge is 0.241 e. The van der Waals surface area contributed by atoms with Crippen molar-refractivity contribution in [1.29, 1.82) is 0 Å². The van der Waals surface area contributed by atoms with Crippen molar-refractivity contribution < 1.29 is 4.79 Å². The maximum atomic E-state index is 11.9. The molecule has 1 amide bonds. The minimum atomic E-state index is -0.489. The number of nitrogens with two attached hydrogens (primary N) is 1. The van der Waals surface area contributed by atoms with Gasteiger partial charge in [-0.1, -0.05) is 13.8 Å². The molecule has 7 heteroatoms. The molecule has 1 fully saturated rings. The summed E-state index contributed by atoms with van der Waals surface area (Å²) in [4.78, 5) is 18.6. The summed E-state index contributed by atoms with van der Waals surface area (Å²) in [7, 11) is 0. The Labute approximate surface area is 144 Å².